The quantitative estimate of drug-likeness (QED) is 0.711. The van der Waals surface area contributed by atoms with Gasteiger partial charge in [0.15, 0.2) is 5.78 Å². The van der Waals surface area contributed by atoms with Crippen molar-refractivity contribution in [1.82, 2.24) is 0 Å². The lowest BCUT2D eigenvalue weighted by Crippen LogP contribution is -2.33. The number of benzene rings is 1. The lowest BCUT2D eigenvalue weighted by molar-refractivity contribution is -0.121. The third-order valence-corrected chi connectivity index (χ3v) is 4.59. The average molecular weight is 323 g/mol. The number of ketones is 2. The second-order valence-corrected chi connectivity index (χ2v) is 6.04. The molecule has 0 atom stereocenters. The van der Waals surface area contributed by atoms with Gasteiger partial charge in [-0.25, -0.2) is 0 Å². The first kappa shape index (κ1) is 14.4. The molecule has 0 aromatic heterocycles. The van der Waals surface area contributed by atoms with Gasteiger partial charge in [-0.3, -0.25) is 9.59 Å². The van der Waals surface area contributed by atoms with E-state index in [1.165, 1.54) is 0 Å². The van der Waals surface area contributed by atoms with Crippen LogP contribution >= 0.6 is 15.9 Å². The number of carbonyl (C=O) groups excluding carboxylic acids is 2. The summed E-state index contributed by atoms with van der Waals surface area (Å²) in [5.41, 5.74) is 1.73. The summed E-state index contributed by atoms with van der Waals surface area (Å²) < 4.78 is 0.952. The first-order valence-corrected chi connectivity index (χ1v) is 7.75. The summed E-state index contributed by atoms with van der Waals surface area (Å²) in [4.78, 5) is 23.8. The van der Waals surface area contributed by atoms with Crippen molar-refractivity contribution in [3.05, 3.63) is 33.8 Å². The molecule has 102 valence electrons. The molecule has 0 unspecified atom stereocenters. The third kappa shape index (κ3) is 2.53. The molecule has 0 aliphatic heterocycles. The van der Waals surface area contributed by atoms with Crippen molar-refractivity contribution >= 4 is 27.5 Å². The van der Waals surface area contributed by atoms with E-state index < -0.39 is 0 Å². The second-order valence-electron chi connectivity index (χ2n) is 5.13. The Morgan fingerprint density at radius 3 is 2.37 bits per heavy atom. The molecule has 3 rings (SSSR count). The number of Topliss-reactive ketones (excluding diaryl/α,β-unsaturated/α-hetero) is 2. The average Bonchev–Trinajstić information content (AvgIpc) is 2.70. The van der Waals surface area contributed by atoms with E-state index in [1.54, 1.807) is 0 Å². The molecule has 3 heteroatoms. The molecule has 1 aromatic rings. The minimum Gasteiger partial charge on any atom is -0.300 e. The van der Waals surface area contributed by atoms with Crippen molar-refractivity contribution in [2.75, 3.05) is 0 Å². The Labute approximate surface area is 122 Å². The van der Waals surface area contributed by atoms with Crippen LogP contribution in [0.4, 0.5) is 0 Å². The minimum absolute atomic E-state index is 0.251. The van der Waals surface area contributed by atoms with Crippen LogP contribution in [0, 0.1) is 5.41 Å². The Kier molecular flexibility index (Phi) is 4.24. The standard InChI is InChI=1S/C14H13BrO2.C2H6/c15-10-2-1-9-8-14(13(17)12(9)7-10)5-3-11(16)4-6-14;1-2/h1-2,7H,3-6,8H2;1-2H3. The summed E-state index contributed by atoms with van der Waals surface area (Å²) in [7, 11) is 0. The van der Waals surface area contributed by atoms with Gasteiger partial charge < -0.3 is 0 Å². The highest BCUT2D eigenvalue weighted by Gasteiger charge is 2.46. The van der Waals surface area contributed by atoms with E-state index >= 15 is 0 Å². The lowest BCUT2D eigenvalue weighted by atomic mass is 9.71. The topological polar surface area (TPSA) is 34.1 Å². The van der Waals surface area contributed by atoms with Crippen LogP contribution in [0.15, 0.2) is 22.7 Å². The summed E-state index contributed by atoms with van der Waals surface area (Å²) in [5.74, 6) is 0.557. The van der Waals surface area contributed by atoms with Crippen LogP contribution < -0.4 is 0 Å². The molecule has 0 saturated heterocycles. The van der Waals surface area contributed by atoms with E-state index in [2.05, 4.69) is 15.9 Å². The first-order chi connectivity index (χ1) is 9.11. The Bertz CT molecular complexity index is 509. The van der Waals surface area contributed by atoms with Crippen LogP contribution in [0.25, 0.3) is 0 Å². The SMILES string of the molecule is CC.O=C1CCC2(CC1)Cc1ccc(Br)cc1C2=O. The maximum Gasteiger partial charge on any atom is 0.169 e. The fourth-order valence-electron chi connectivity index (χ4n) is 3.06. The largest absolute Gasteiger partial charge is 0.300 e. The number of hydrogen-bond donors (Lipinski definition) is 0. The zero-order valence-corrected chi connectivity index (χ0v) is 13.0. The van der Waals surface area contributed by atoms with E-state index in [0.717, 1.165) is 34.9 Å². The lowest BCUT2D eigenvalue weighted by Gasteiger charge is -2.30. The molecule has 2 aliphatic rings. The van der Waals surface area contributed by atoms with Crippen LogP contribution in [0.1, 0.15) is 55.5 Å². The van der Waals surface area contributed by atoms with Crippen molar-refractivity contribution in [3.63, 3.8) is 0 Å². The van der Waals surface area contributed by atoms with E-state index in [0.29, 0.717) is 18.6 Å². The van der Waals surface area contributed by atoms with Crippen LogP contribution in [-0.2, 0) is 11.2 Å². The molecular weight excluding hydrogens is 304 g/mol. The molecule has 1 aromatic carbocycles. The Balaban J connectivity index is 0.000000637. The Hall–Kier alpha value is -0.960. The van der Waals surface area contributed by atoms with E-state index in [-0.39, 0.29) is 11.2 Å². The Morgan fingerprint density at radius 2 is 1.74 bits per heavy atom. The normalized spacial score (nSPS) is 19.9. The molecule has 19 heavy (non-hydrogen) atoms. The maximum absolute atomic E-state index is 12.5. The van der Waals surface area contributed by atoms with Gasteiger partial charge in [0.2, 0.25) is 0 Å². The maximum atomic E-state index is 12.5. The molecular formula is C16H19BrO2. The predicted octanol–water partition coefficient (Wildman–Crippen LogP) is 4.34. The number of rotatable bonds is 0. The van der Waals surface area contributed by atoms with Gasteiger partial charge in [-0.15, -0.1) is 0 Å². The minimum atomic E-state index is -0.267. The zero-order valence-electron chi connectivity index (χ0n) is 11.5. The van der Waals surface area contributed by atoms with Crippen molar-refractivity contribution in [2.45, 2.75) is 46.0 Å². The van der Waals surface area contributed by atoms with Gasteiger partial charge in [0.05, 0.1) is 0 Å². The summed E-state index contributed by atoms with van der Waals surface area (Å²) in [6, 6.07) is 5.93. The fraction of sp³-hybridized carbons (Fsp3) is 0.500. The highest BCUT2D eigenvalue weighted by Crippen LogP contribution is 2.46. The van der Waals surface area contributed by atoms with Gasteiger partial charge >= 0.3 is 0 Å². The van der Waals surface area contributed by atoms with Crippen LogP contribution in [0.2, 0.25) is 0 Å². The number of halogens is 1. The van der Waals surface area contributed by atoms with Crippen LogP contribution in [0.3, 0.4) is 0 Å². The molecule has 0 heterocycles. The van der Waals surface area contributed by atoms with E-state index in [9.17, 15) is 9.59 Å². The highest BCUT2D eigenvalue weighted by atomic mass is 79.9. The number of fused-ring (bicyclic) bond motifs is 1. The van der Waals surface area contributed by atoms with Gasteiger partial charge in [0.25, 0.3) is 0 Å². The second kappa shape index (κ2) is 5.58. The van der Waals surface area contributed by atoms with Gasteiger partial charge in [0.1, 0.15) is 5.78 Å². The van der Waals surface area contributed by atoms with Gasteiger partial charge in [-0.05, 0) is 37.0 Å². The number of carbonyl (C=O) groups is 2. The molecule has 2 aliphatic carbocycles. The first-order valence-electron chi connectivity index (χ1n) is 6.96. The van der Waals surface area contributed by atoms with E-state index in [1.807, 2.05) is 32.0 Å². The van der Waals surface area contributed by atoms with Crippen LogP contribution in [0.5, 0.6) is 0 Å². The molecule has 0 radical (unpaired) electrons. The molecule has 0 amide bonds. The fourth-order valence-corrected chi connectivity index (χ4v) is 3.42. The molecule has 0 N–H and O–H groups in total. The predicted molar refractivity (Wildman–Crippen MR) is 79.4 cm³/mol. The summed E-state index contributed by atoms with van der Waals surface area (Å²) >= 11 is 3.41. The van der Waals surface area contributed by atoms with Gasteiger partial charge in [0, 0.05) is 28.3 Å². The van der Waals surface area contributed by atoms with Crippen molar-refractivity contribution in [3.8, 4) is 0 Å². The summed E-state index contributed by atoms with van der Waals surface area (Å²) in [5, 5.41) is 0. The Morgan fingerprint density at radius 1 is 1.11 bits per heavy atom. The van der Waals surface area contributed by atoms with Crippen molar-refractivity contribution < 1.29 is 9.59 Å². The molecule has 1 spiro atoms. The summed E-state index contributed by atoms with van der Waals surface area (Å²) in [6.45, 7) is 4.00. The zero-order chi connectivity index (χ0) is 14.0. The van der Waals surface area contributed by atoms with Crippen LogP contribution in [-0.4, -0.2) is 11.6 Å². The summed E-state index contributed by atoms with van der Waals surface area (Å²) in [6.07, 6.45) is 3.43. The molecule has 1 saturated carbocycles. The van der Waals surface area contributed by atoms with Crippen molar-refractivity contribution in [1.29, 1.82) is 0 Å². The smallest absolute Gasteiger partial charge is 0.169 e. The highest BCUT2D eigenvalue weighted by molar-refractivity contribution is 9.10. The van der Waals surface area contributed by atoms with Gasteiger partial charge in [-0.1, -0.05) is 35.8 Å². The molecule has 2 nitrogen and oxygen atoms in total. The van der Waals surface area contributed by atoms with E-state index in [4.69, 9.17) is 0 Å². The monoisotopic (exact) mass is 322 g/mol. The number of hydrogen-bond acceptors (Lipinski definition) is 2. The van der Waals surface area contributed by atoms with Crippen molar-refractivity contribution in [2.24, 2.45) is 5.41 Å². The van der Waals surface area contributed by atoms with Gasteiger partial charge in [-0.2, -0.15) is 0 Å². The molecule has 1 fully saturated rings. The molecule has 0 bridgehead atoms. The third-order valence-electron chi connectivity index (χ3n) is 4.09.